The number of hydrogen-bond acceptors (Lipinski definition) is 4. The maximum absolute atomic E-state index is 11.4. The molecule has 0 unspecified atom stereocenters. The minimum Gasteiger partial charge on any atom is -0.356 e. The maximum atomic E-state index is 11.4. The Morgan fingerprint density at radius 1 is 1.45 bits per heavy atom. The Morgan fingerprint density at radius 2 is 2.20 bits per heavy atom. The van der Waals surface area contributed by atoms with Gasteiger partial charge in [-0.05, 0) is 19.8 Å². The number of aromatic amines is 1. The van der Waals surface area contributed by atoms with Crippen molar-refractivity contribution in [1.82, 2.24) is 20.3 Å². The van der Waals surface area contributed by atoms with Crippen molar-refractivity contribution in [2.45, 2.75) is 32.6 Å². The van der Waals surface area contributed by atoms with E-state index in [1.807, 2.05) is 17.9 Å². The van der Waals surface area contributed by atoms with Crippen LogP contribution in [0.1, 0.15) is 37.1 Å². The molecular formula is C14H18N4O2. The summed E-state index contributed by atoms with van der Waals surface area (Å²) in [5.74, 6) is 1.29. The molecule has 0 radical (unpaired) electrons. The summed E-state index contributed by atoms with van der Waals surface area (Å²) in [6.07, 6.45) is 3.68. The zero-order valence-electron chi connectivity index (χ0n) is 11.7. The summed E-state index contributed by atoms with van der Waals surface area (Å²) in [6, 6.07) is 1.92. The molecule has 3 rings (SSSR count). The van der Waals surface area contributed by atoms with Gasteiger partial charge in [-0.1, -0.05) is 5.16 Å². The van der Waals surface area contributed by atoms with Crippen LogP contribution in [-0.2, 0) is 4.79 Å². The van der Waals surface area contributed by atoms with Crippen molar-refractivity contribution < 1.29 is 9.32 Å². The number of nitrogens with zero attached hydrogens (tertiary/aromatic N) is 3. The molecule has 0 aromatic carbocycles. The van der Waals surface area contributed by atoms with Crippen LogP contribution in [0.25, 0.3) is 11.3 Å². The molecule has 0 bridgehead atoms. The second kappa shape index (κ2) is 5.11. The molecule has 2 aromatic heterocycles. The fourth-order valence-electron chi connectivity index (χ4n) is 2.78. The number of nitrogens with one attached hydrogen (secondary N) is 1. The monoisotopic (exact) mass is 274 g/mol. The molecule has 2 aromatic rings. The van der Waals surface area contributed by atoms with Gasteiger partial charge >= 0.3 is 0 Å². The molecule has 1 aliphatic rings. The highest BCUT2D eigenvalue weighted by Crippen LogP contribution is 2.33. The van der Waals surface area contributed by atoms with Gasteiger partial charge in [0.25, 0.3) is 0 Å². The first-order chi connectivity index (χ1) is 9.65. The zero-order chi connectivity index (χ0) is 14.1. The lowest BCUT2D eigenvalue weighted by atomic mass is 9.91. The topological polar surface area (TPSA) is 75.0 Å². The number of aromatic nitrogens is 3. The number of hydrogen-bond donors (Lipinski definition) is 1. The van der Waals surface area contributed by atoms with Crippen LogP contribution in [0, 0.1) is 6.92 Å². The van der Waals surface area contributed by atoms with E-state index in [1.165, 1.54) is 0 Å². The standard InChI is InChI=1S/C14H18N4O2/c1-9-7-13(20-17-9)12-8-15-16-14(12)11-3-5-18(6-4-11)10(2)19/h7-8,11H,3-6H2,1-2H3,(H,15,16). The smallest absolute Gasteiger partial charge is 0.219 e. The van der Waals surface area contributed by atoms with E-state index in [2.05, 4.69) is 15.4 Å². The third-order valence-electron chi connectivity index (χ3n) is 3.91. The summed E-state index contributed by atoms with van der Waals surface area (Å²) in [5.41, 5.74) is 2.93. The van der Waals surface area contributed by atoms with Crippen LogP contribution in [-0.4, -0.2) is 39.3 Å². The Balaban J connectivity index is 1.79. The molecule has 1 saturated heterocycles. The van der Waals surface area contributed by atoms with Crippen LogP contribution in [0.15, 0.2) is 16.8 Å². The van der Waals surface area contributed by atoms with Gasteiger partial charge in [0.1, 0.15) is 0 Å². The second-order valence-corrected chi connectivity index (χ2v) is 5.31. The second-order valence-electron chi connectivity index (χ2n) is 5.31. The van der Waals surface area contributed by atoms with E-state index < -0.39 is 0 Å². The number of carbonyl (C=O) groups excluding carboxylic acids is 1. The first-order valence-electron chi connectivity index (χ1n) is 6.87. The zero-order valence-corrected chi connectivity index (χ0v) is 11.7. The fourth-order valence-corrected chi connectivity index (χ4v) is 2.78. The molecule has 1 fully saturated rings. The van der Waals surface area contributed by atoms with Gasteiger partial charge in [0.15, 0.2) is 5.76 Å². The average Bonchev–Trinajstić information content (AvgIpc) is 3.07. The Kier molecular flexibility index (Phi) is 3.30. The predicted octanol–water partition coefficient (Wildman–Crippen LogP) is 2.10. The van der Waals surface area contributed by atoms with E-state index in [-0.39, 0.29) is 5.91 Å². The number of aryl methyl sites for hydroxylation is 1. The van der Waals surface area contributed by atoms with Gasteiger partial charge in [-0.25, -0.2) is 0 Å². The number of carbonyl (C=O) groups is 1. The molecule has 0 aliphatic carbocycles. The minimum atomic E-state index is 0.152. The van der Waals surface area contributed by atoms with Crippen LogP contribution in [0.4, 0.5) is 0 Å². The third kappa shape index (κ3) is 2.33. The molecule has 20 heavy (non-hydrogen) atoms. The molecule has 0 atom stereocenters. The summed E-state index contributed by atoms with van der Waals surface area (Å²) in [5, 5.41) is 11.2. The first kappa shape index (κ1) is 12.9. The van der Waals surface area contributed by atoms with Crippen molar-refractivity contribution in [3.8, 4) is 11.3 Å². The quantitative estimate of drug-likeness (QED) is 0.910. The number of H-pyrrole nitrogens is 1. The van der Waals surface area contributed by atoms with Gasteiger partial charge in [-0.2, -0.15) is 5.10 Å². The van der Waals surface area contributed by atoms with Crippen LogP contribution in [0.3, 0.4) is 0 Å². The molecule has 0 saturated carbocycles. The number of piperidine rings is 1. The molecule has 1 amide bonds. The van der Waals surface area contributed by atoms with Gasteiger partial charge in [-0.15, -0.1) is 0 Å². The SMILES string of the molecule is CC(=O)N1CCC(c2[nH]ncc2-c2cc(C)no2)CC1. The lowest BCUT2D eigenvalue weighted by Crippen LogP contribution is -2.36. The van der Waals surface area contributed by atoms with Gasteiger partial charge < -0.3 is 9.42 Å². The number of rotatable bonds is 2. The van der Waals surface area contributed by atoms with Crippen LogP contribution < -0.4 is 0 Å². The molecule has 3 heterocycles. The van der Waals surface area contributed by atoms with E-state index in [0.29, 0.717) is 5.92 Å². The molecule has 6 nitrogen and oxygen atoms in total. The molecule has 1 aliphatic heterocycles. The van der Waals surface area contributed by atoms with Gasteiger partial charge in [0, 0.05) is 37.7 Å². The van der Waals surface area contributed by atoms with Crippen LogP contribution in [0.2, 0.25) is 0 Å². The predicted molar refractivity (Wildman–Crippen MR) is 73.1 cm³/mol. The molecular weight excluding hydrogens is 256 g/mol. The fraction of sp³-hybridized carbons (Fsp3) is 0.500. The molecule has 106 valence electrons. The summed E-state index contributed by atoms with van der Waals surface area (Å²) in [7, 11) is 0. The van der Waals surface area contributed by atoms with Gasteiger partial charge in [-0.3, -0.25) is 9.89 Å². The Hall–Kier alpha value is -2.11. The molecule has 0 spiro atoms. The Bertz CT molecular complexity index is 608. The van der Waals surface area contributed by atoms with Crippen molar-refractivity contribution in [3.05, 3.63) is 23.7 Å². The summed E-state index contributed by atoms with van der Waals surface area (Å²) in [4.78, 5) is 13.3. The lowest BCUT2D eigenvalue weighted by molar-refractivity contribution is -0.129. The van der Waals surface area contributed by atoms with E-state index >= 15 is 0 Å². The first-order valence-corrected chi connectivity index (χ1v) is 6.87. The Labute approximate surface area is 117 Å². The van der Waals surface area contributed by atoms with E-state index in [9.17, 15) is 4.79 Å². The number of amides is 1. The highest BCUT2D eigenvalue weighted by Gasteiger charge is 2.26. The average molecular weight is 274 g/mol. The van der Waals surface area contributed by atoms with Gasteiger partial charge in [0.2, 0.25) is 5.91 Å². The van der Waals surface area contributed by atoms with E-state index in [0.717, 1.165) is 48.6 Å². The van der Waals surface area contributed by atoms with Gasteiger partial charge in [0.05, 0.1) is 17.5 Å². The summed E-state index contributed by atoms with van der Waals surface area (Å²) >= 11 is 0. The van der Waals surface area contributed by atoms with Crippen molar-refractivity contribution >= 4 is 5.91 Å². The van der Waals surface area contributed by atoms with Crippen molar-refractivity contribution in [2.75, 3.05) is 13.1 Å². The molecule has 6 heteroatoms. The largest absolute Gasteiger partial charge is 0.356 e. The van der Waals surface area contributed by atoms with E-state index in [4.69, 9.17) is 4.52 Å². The number of likely N-dealkylation sites (tertiary alicyclic amines) is 1. The van der Waals surface area contributed by atoms with Crippen molar-refractivity contribution in [2.24, 2.45) is 0 Å². The van der Waals surface area contributed by atoms with E-state index in [1.54, 1.807) is 13.1 Å². The minimum absolute atomic E-state index is 0.152. The van der Waals surface area contributed by atoms with Crippen molar-refractivity contribution in [3.63, 3.8) is 0 Å². The van der Waals surface area contributed by atoms with Crippen LogP contribution in [0.5, 0.6) is 0 Å². The Morgan fingerprint density at radius 3 is 2.80 bits per heavy atom. The summed E-state index contributed by atoms with van der Waals surface area (Å²) in [6.45, 7) is 5.12. The highest BCUT2D eigenvalue weighted by molar-refractivity contribution is 5.73. The van der Waals surface area contributed by atoms with Crippen molar-refractivity contribution in [1.29, 1.82) is 0 Å². The summed E-state index contributed by atoms with van der Waals surface area (Å²) < 4.78 is 5.32. The lowest BCUT2D eigenvalue weighted by Gasteiger charge is -2.31. The highest BCUT2D eigenvalue weighted by atomic mass is 16.5. The molecule has 1 N–H and O–H groups in total. The third-order valence-corrected chi connectivity index (χ3v) is 3.91. The maximum Gasteiger partial charge on any atom is 0.219 e. The van der Waals surface area contributed by atoms with Crippen LogP contribution >= 0.6 is 0 Å². The normalized spacial score (nSPS) is 16.6.